The highest BCUT2D eigenvalue weighted by Crippen LogP contribution is 2.63. The Bertz CT molecular complexity index is 1140. The molecule has 0 bridgehead atoms. The first-order chi connectivity index (χ1) is 14.2. The Morgan fingerprint density at radius 3 is 2.10 bits per heavy atom. The molecule has 6 rings (SSSR count). The minimum absolute atomic E-state index is 0.174. The number of fused-ring (bicyclic) bond motifs is 5. The molecule has 142 valence electrons. The number of allylic oxidation sites excluding steroid dienone is 1. The predicted molar refractivity (Wildman–Crippen MR) is 114 cm³/mol. The van der Waals surface area contributed by atoms with Gasteiger partial charge in [0.05, 0.1) is 5.92 Å². The number of halogens is 1. The van der Waals surface area contributed by atoms with Crippen molar-refractivity contribution in [1.29, 1.82) is 0 Å². The van der Waals surface area contributed by atoms with Crippen LogP contribution >= 0.6 is 11.6 Å². The van der Waals surface area contributed by atoms with Crippen molar-refractivity contribution in [2.45, 2.75) is 30.8 Å². The number of hydrogen-bond donors (Lipinski definition) is 0. The lowest BCUT2D eigenvalue weighted by Crippen LogP contribution is -2.33. The standard InChI is InChI=1S/C26H19ClO2/c27-17-14-12-16(13-15-17)25-24-22(28)10-5-11-23(24)29-26(25)20-8-3-1-6-18(20)19-7-2-4-9-21(19)26/h1-4,6-9,12-15,25H,5,10-11H2. The smallest absolute Gasteiger partial charge is 0.171 e. The number of carbonyl (C=O) groups excluding carboxylic acids is 1. The van der Waals surface area contributed by atoms with E-state index in [0.717, 1.165) is 40.9 Å². The van der Waals surface area contributed by atoms with Crippen LogP contribution in [0.3, 0.4) is 0 Å². The molecule has 0 N–H and O–H groups in total. The molecule has 1 unspecified atom stereocenters. The van der Waals surface area contributed by atoms with E-state index in [1.807, 2.05) is 24.3 Å². The second-order valence-electron chi connectivity index (χ2n) is 8.03. The van der Waals surface area contributed by atoms with E-state index in [-0.39, 0.29) is 11.7 Å². The van der Waals surface area contributed by atoms with E-state index in [4.69, 9.17) is 16.3 Å². The van der Waals surface area contributed by atoms with Crippen molar-refractivity contribution >= 4 is 17.4 Å². The van der Waals surface area contributed by atoms with E-state index in [2.05, 4.69) is 48.5 Å². The van der Waals surface area contributed by atoms with Crippen molar-refractivity contribution in [3.63, 3.8) is 0 Å². The third kappa shape index (κ3) is 2.21. The van der Waals surface area contributed by atoms with E-state index in [1.165, 1.54) is 11.1 Å². The summed E-state index contributed by atoms with van der Waals surface area (Å²) in [4.78, 5) is 13.1. The maximum absolute atomic E-state index is 13.1. The van der Waals surface area contributed by atoms with Crippen LogP contribution in [-0.4, -0.2) is 5.78 Å². The van der Waals surface area contributed by atoms with Crippen molar-refractivity contribution in [3.05, 3.63) is 106 Å². The average molecular weight is 399 g/mol. The second-order valence-corrected chi connectivity index (χ2v) is 8.46. The average Bonchev–Trinajstić information content (AvgIpc) is 3.24. The maximum Gasteiger partial charge on any atom is 0.171 e. The summed E-state index contributed by atoms with van der Waals surface area (Å²) >= 11 is 6.19. The molecule has 0 saturated heterocycles. The Balaban J connectivity index is 1.69. The van der Waals surface area contributed by atoms with Gasteiger partial charge in [-0.3, -0.25) is 4.79 Å². The Morgan fingerprint density at radius 1 is 0.828 bits per heavy atom. The summed E-state index contributed by atoms with van der Waals surface area (Å²) in [6.45, 7) is 0. The summed E-state index contributed by atoms with van der Waals surface area (Å²) in [5.41, 5.74) is 5.88. The number of ketones is 1. The molecule has 1 aliphatic heterocycles. The summed E-state index contributed by atoms with van der Waals surface area (Å²) in [5.74, 6) is 0.907. The highest BCUT2D eigenvalue weighted by atomic mass is 35.5. The van der Waals surface area contributed by atoms with Gasteiger partial charge in [-0.05, 0) is 35.2 Å². The second kappa shape index (κ2) is 6.08. The van der Waals surface area contributed by atoms with Gasteiger partial charge >= 0.3 is 0 Å². The highest BCUT2D eigenvalue weighted by Gasteiger charge is 2.59. The molecule has 3 aromatic carbocycles. The first-order valence-corrected chi connectivity index (χ1v) is 10.5. The Labute approximate surface area is 174 Å². The largest absolute Gasteiger partial charge is 0.481 e. The Kier molecular flexibility index (Phi) is 3.57. The molecule has 3 aliphatic rings. The lowest BCUT2D eigenvalue weighted by molar-refractivity contribution is -0.116. The lowest BCUT2D eigenvalue weighted by Gasteiger charge is -2.34. The highest BCUT2D eigenvalue weighted by molar-refractivity contribution is 6.30. The lowest BCUT2D eigenvalue weighted by atomic mass is 9.71. The van der Waals surface area contributed by atoms with Crippen LogP contribution in [0.5, 0.6) is 0 Å². The molecule has 2 nitrogen and oxygen atoms in total. The predicted octanol–water partition coefficient (Wildman–Crippen LogP) is 6.39. The van der Waals surface area contributed by atoms with Gasteiger partial charge in [-0.25, -0.2) is 0 Å². The molecule has 3 aromatic rings. The zero-order chi connectivity index (χ0) is 19.6. The molecule has 1 heterocycles. The molecular formula is C26H19ClO2. The molecule has 3 heteroatoms. The van der Waals surface area contributed by atoms with Crippen LogP contribution in [0.25, 0.3) is 11.1 Å². The molecule has 2 aliphatic carbocycles. The summed E-state index contributed by atoms with van der Waals surface area (Å²) in [6, 6.07) is 24.8. The number of hydrogen-bond acceptors (Lipinski definition) is 2. The quantitative estimate of drug-likeness (QED) is 0.475. The van der Waals surface area contributed by atoms with Crippen molar-refractivity contribution in [1.82, 2.24) is 0 Å². The van der Waals surface area contributed by atoms with Crippen molar-refractivity contribution in [2.75, 3.05) is 0 Å². The van der Waals surface area contributed by atoms with Crippen LogP contribution in [0.4, 0.5) is 0 Å². The van der Waals surface area contributed by atoms with Crippen LogP contribution in [0.2, 0.25) is 5.02 Å². The minimum atomic E-state index is -0.703. The fourth-order valence-corrected chi connectivity index (χ4v) is 5.55. The van der Waals surface area contributed by atoms with Gasteiger partial charge in [0, 0.05) is 34.6 Å². The molecule has 0 saturated carbocycles. The molecular weight excluding hydrogens is 380 g/mol. The van der Waals surface area contributed by atoms with Gasteiger partial charge in [-0.1, -0.05) is 72.3 Å². The van der Waals surface area contributed by atoms with Crippen LogP contribution < -0.4 is 0 Å². The fourth-order valence-electron chi connectivity index (χ4n) is 5.43. The third-order valence-electron chi connectivity index (χ3n) is 6.54. The van der Waals surface area contributed by atoms with E-state index in [0.29, 0.717) is 11.4 Å². The van der Waals surface area contributed by atoms with Gasteiger partial charge in [0.2, 0.25) is 0 Å². The minimum Gasteiger partial charge on any atom is -0.481 e. The summed E-state index contributed by atoms with van der Waals surface area (Å²) < 4.78 is 6.86. The first-order valence-electron chi connectivity index (χ1n) is 10.1. The molecule has 29 heavy (non-hydrogen) atoms. The molecule has 0 radical (unpaired) electrons. The van der Waals surface area contributed by atoms with E-state index in [9.17, 15) is 4.79 Å². The molecule has 0 aromatic heterocycles. The first kappa shape index (κ1) is 17.1. The van der Waals surface area contributed by atoms with Crippen LogP contribution in [-0.2, 0) is 15.1 Å². The van der Waals surface area contributed by atoms with Gasteiger partial charge in [0.25, 0.3) is 0 Å². The molecule has 0 amide bonds. The van der Waals surface area contributed by atoms with Crippen LogP contribution in [0.1, 0.15) is 41.9 Å². The number of benzene rings is 3. The summed E-state index contributed by atoms with van der Waals surface area (Å²) in [7, 11) is 0. The van der Waals surface area contributed by atoms with E-state index < -0.39 is 5.60 Å². The van der Waals surface area contributed by atoms with Crippen LogP contribution in [0, 0.1) is 0 Å². The SMILES string of the molecule is O=C1CCCC2=C1C(c1ccc(Cl)cc1)C1(O2)c2ccccc2-c2ccccc21. The van der Waals surface area contributed by atoms with Crippen LogP contribution in [0.15, 0.2) is 84.1 Å². The Morgan fingerprint density at radius 2 is 1.45 bits per heavy atom. The number of Topliss-reactive ketones (excluding diaryl/α,β-unsaturated/α-hetero) is 1. The number of carbonyl (C=O) groups is 1. The van der Waals surface area contributed by atoms with E-state index >= 15 is 0 Å². The zero-order valence-electron chi connectivity index (χ0n) is 15.8. The van der Waals surface area contributed by atoms with Gasteiger partial charge < -0.3 is 4.74 Å². The van der Waals surface area contributed by atoms with Crippen molar-refractivity contribution < 1.29 is 9.53 Å². The van der Waals surface area contributed by atoms with Gasteiger partial charge in [-0.15, -0.1) is 0 Å². The van der Waals surface area contributed by atoms with Crippen molar-refractivity contribution in [3.8, 4) is 11.1 Å². The number of rotatable bonds is 1. The maximum atomic E-state index is 13.1. The van der Waals surface area contributed by atoms with Crippen molar-refractivity contribution in [2.24, 2.45) is 0 Å². The monoisotopic (exact) mass is 398 g/mol. The summed E-state index contributed by atoms with van der Waals surface area (Å²) in [5, 5.41) is 0.693. The normalized spacial score (nSPS) is 21.0. The summed E-state index contributed by atoms with van der Waals surface area (Å²) in [6.07, 6.45) is 2.26. The molecule has 1 spiro atoms. The fraction of sp³-hybridized carbons (Fsp3) is 0.192. The van der Waals surface area contributed by atoms with Gasteiger partial charge in [0.1, 0.15) is 5.76 Å². The van der Waals surface area contributed by atoms with Gasteiger partial charge in [-0.2, -0.15) is 0 Å². The molecule has 1 atom stereocenters. The third-order valence-corrected chi connectivity index (χ3v) is 6.79. The van der Waals surface area contributed by atoms with Gasteiger partial charge in [0.15, 0.2) is 11.4 Å². The number of ether oxygens (including phenoxy) is 1. The zero-order valence-corrected chi connectivity index (χ0v) is 16.6. The Hall–Kier alpha value is -2.84. The molecule has 0 fully saturated rings. The topological polar surface area (TPSA) is 26.3 Å². The van der Waals surface area contributed by atoms with E-state index in [1.54, 1.807) is 0 Å².